The van der Waals surface area contributed by atoms with E-state index < -0.39 is 0 Å². The summed E-state index contributed by atoms with van der Waals surface area (Å²) in [5, 5.41) is 0. The van der Waals surface area contributed by atoms with Crippen LogP contribution in [-0.4, -0.2) is 7.11 Å². The second kappa shape index (κ2) is 2.78. The molecule has 0 saturated carbocycles. The summed E-state index contributed by atoms with van der Waals surface area (Å²) >= 11 is 0. The Bertz CT molecular complexity index is 273. The molecule has 1 aromatic rings. The summed E-state index contributed by atoms with van der Waals surface area (Å²) in [5.41, 5.74) is 6.42. The maximum atomic E-state index is 12.8. The normalized spacial score (nSPS) is 9.73. The third-order valence-electron chi connectivity index (χ3n) is 1.57. The number of benzene rings is 1. The zero-order chi connectivity index (χ0) is 8.43. The van der Waals surface area contributed by atoms with E-state index >= 15 is 0 Å². The van der Waals surface area contributed by atoms with Crippen LogP contribution in [-0.2, 0) is 0 Å². The molecular weight excluding hydrogens is 145 g/mol. The third kappa shape index (κ3) is 1.27. The molecule has 0 spiro atoms. The first-order valence-corrected chi connectivity index (χ1v) is 3.25. The van der Waals surface area contributed by atoms with E-state index in [9.17, 15) is 4.39 Å². The monoisotopic (exact) mass is 155 g/mol. The molecule has 11 heavy (non-hydrogen) atoms. The Hall–Kier alpha value is -1.25. The highest BCUT2D eigenvalue weighted by atomic mass is 19.1. The van der Waals surface area contributed by atoms with Gasteiger partial charge >= 0.3 is 0 Å². The predicted molar refractivity (Wildman–Crippen MR) is 42.1 cm³/mol. The highest BCUT2D eigenvalue weighted by Gasteiger charge is 2.06. The van der Waals surface area contributed by atoms with Gasteiger partial charge in [0, 0.05) is 5.56 Å². The van der Waals surface area contributed by atoms with E-state index in [1.165, 1.54) is 19.2 Å². The molecule has 0 aromatic heterocycles. The number of halogens is 1. The molecule has 3 heteroatoms. The van der Waals surface area contributed by atoms with E-state index in [1.54, 1.807) is 6.92 Å². The third-order valence-corrected chi connectivity index (χ3v) is 1.57. The largest absolute Gasteiger partial charge is 0.494 e. The summed E-state index contributed by atoms with van der Waals surface area (Å²) in [7, 11) is 1.47. The van der Waals surface area contributed by atoms with Crippen LogP contribution in [0.5, 0.6) is 5.75 Å². The summed E-state index contributed by atoms with van der Waals surface area (Å²) in [6.07, 6.45) is 0. The number of nitrogen functional groups attached to an aromatic ring is 1. The number of hydrogen-bond donors (Lipinski definition) is 1. The molecule has 0 unspecified atom stereocenters. The molecule has 0 bridgehead atoms. The molecule has 1 aromatic carbocycles. The van der Waals surface area contributed by atoms with Crippen LogP contribution in [0.25, 0.3) is 0 Å². The maximum absolute atomic E-state index is 12.8. The topological polar surface area (TPSA) is 35.2 Å². The molecule has 2 nitrogen and oxygen atoms in total. The highest BCUT2D eigenvalue weighted by Crippen LogP contribution is 2.26. The zero-order valence-electron chi connectivity index (χ0n) is 6.52. The van der Waals surface area contributed by atoms with Gasteiger partial charge in [-0.1, -0.05) is 0 Å². The van der Waals surface area contributed by atoms with Gasteiger partial charge in [0.1, 0.15) is 11.6 Å². The minimum atomic E-state index is -0.295. The van der Waals surface area contributed by atoms with Gasteiger partial charge in [-0.3, -0.25) is 0 Å². The van der Waals surface area contributed by atoms with E-state index in [4.69, 9.17) is 10.5 Å². The zero-order valence-corrected chi connectivity index (χ0v) is 6.52. The average molecular weight is 155 g/mol. The highest BCUT2D eigenvalue weighted by molar-refractivity contribution is 5.56. The van der Waals surface area contributed by atoms with Crippen LogP contribution in [0.2, 0.25) is 0 Å². The molecule has 0 amide bonds. The number of anilines is 1. The summed E-state index contributed by atoms with van der Waals surface area (Å²) < 4.78 is 17.7. The van der Waals surface area contributed by atoms with Crippen LogP contribution < -0.4 is 10.5 Å². The predicted octanol–water partition coefficient (Wildman–Crippen LogP) is 1.72. The van der Waals surface area contributed by atoms with E-state index in [2.05, 4.69) is 0 Å². The first-order chi connectivity index (χ1) is 5.16. The molecular formula is C8H10FNO. The second-order valence-electron chi connectivity index (χ2n) is 2.29. The number of nitrogens with two attached hydrogens (primary N) is 1. The second-order valence-corrected chi connectivity index (χ2v) is 2.29. The van der Waals surface area contributed by atoms with Gasteiger partial charge in [0.25, 0.3) is 0 Å². The van der Waals surface area contributed by atoms with Gasteiger partial charge in [0.05, 0.1) is 12.8 Å². The van der Waals surface area contributed by atoms with Gasteiger partial charge in [-0.2, -0.15) is 0 Å². The van der Waals surface area contributed by atoms with Crippen molar-refractivity contribution in [2.75, 3.05) is 12.8 Å². The summed E-state index contributed by atoms with van der Waals surface area (Å²) in [4.78, 5) is 0. The van der Waals surface area contributed by atoms with E-state index in [0.29, 0.717) is 17.0 Å². The molecule has 0 saturated heterocycles. The first kappa shape index (κ1) is 7.85. The minimum Gasteiger partial charge on any atom is -0.494 e. The molecule has 0 aliphatic rings. The van der Waals surface area contributed by atoms with Crippen LogP contribution in [0.4, 0.5) is 10.1 Å². The Labute approximate surface area is 64.8 Å². The van der Waals surface area contributed by atoms with Crippen LogP contribution >= 0.6 is 0 Å². The van der Waals surface area contributed by atoms with Gasteiger partial charge in [-0.05, 0) is 19.1 Å². The fourth-order valence-corrected chi connectivity index (χ4v) is 0.960. The van der Waals surface area contributed by atoms with Gasteiger partial charge in [0.15, 0.2) is 0 Å². The van der Waals surface area contributed by atoms with Crippen molar-refractivity contribution in [3.05, 3.63) is 23.5 Å². The van der Waals surface area contributed by atoms with Crippen molar-refractivity contribution in [3.63, 3.8) is 0 Å². The molecule has 0 aliphatic heterocycles. The SMILES string of the molecule is COc1c(N)ccc(F)c1C. The van der Waals surface area contributed by atoms with Crippen molar-refractivity contribution in [1.29, 1.82) is 0 Å². The number of ether oxygens (including phenoxy) is 1. The quantitative estimate of drug-likeness (QED) is 0.627. The summed E-state index contributed by atoms with van der Waals surface area (Å²) in [6.45, 7) is 1.63. The fourth-order valence-electron chi connectivity index (χ4n) is 0.960. The molecule has 0 fully saturated rings. The van der Waals surface area contributed by atoms with Crippen LogP contribution in [0.15, 0.2) is 12.1 Å². The van der Waals surface area contributed by atoms with Crippen molar-refractivity contribution in [2.24, 2.45) is 0 Å². The Kier molecular flexibility index (Phi) is 1.98. The van der Waals surface area contributed by atoms with Crippen LogP contribution in [0, 0.1) is 12.7 Å². The standard InChI is InChI=1S/C8H10FNO/c1-5-6(9)3-4-7(10)8(5)11-2/h3-4H,10H2,1-2H3. The molecule has 1 rings (SSSR count). The Morgan fingerprint density at radius 2 is 2.09 bits per heavy atom. The summed E-state index contributed by atoms with van der Waals surface area (Å²) in [6, 6.07) is 2.81. The molecule has 2 N–H and O–H groups in total. The van der Waals surface area contributed by atoms with Crippen molar-refractivity contribution in [3.8, 4) is 5.75 Å². The molecule has 0 aliphatic carbocycles. The van der Waals surface area contributed by atoms with Crippen molar-refractivity contribution < 1.29 is 9.13 Å². The lowest BCUT2D eigenvalue weighted by Crippen LogP contribution is -1.96. The summed E-state index contributed by atoms with van der Waals surface area (Å²) in [5.74, 6) is 0.126. The molecule has 0 atom stereocenters. The van der Waals surface area contributed by atoms with Crippen molar-refractivity contribution in [2.45, 2.75) is 6.92 Å². The molecule has 0 radical (unpaired) electrons. The van der Waals surface area contributed by atoms with Crippen molar-refractivity contribution >= 4 is 5.69 Å². The fraction of sp³-hybridized carbons (Fsp3) is 0.250. The minimum absolute atomic E-state index is 0.295. The number of rotatable bonds is 1. The van der Waals surface area contributed by atoms with Gasteiger partial charge in [0.2, 0.25) is 0 Å². The first-order valence-electron chi connectivity index (χ1n) is 3.25. The lowest BCUT2D eigenvalue weighted by Gasteiger charge is -2.07. The van der Waals surface area contributed by atoms with E-state index in [-0.39, 0.29) is 5.82 Å². The van der Waals surface area contributed by atoms with Crippen LogP contribution in [0.3, 0.4) is 0 Å². The number of hydrogen-bond acceptors (Lipinski definition) is 2. The Balaban J connectivity index is 3.29. The lowest BCUT2D eigenvalue weighted by atomic mass is 10.2. The number of methoxy groups -OCH3 is 1. The average Bonchev–Trinajstić information content (AvgIpc) is 1.99. The molecule has 60 valence electrons. The Morgan fingerprint density at radius 1 is 1.45 bits per heavy atom. The van der Waals surface area contributed by atoms with Crippen LogP contribution in [0.1, 0.15) is 5.56 Å². The van der Waals surface area contributed by atoms with Gasteiger partial charge < -0.3 is 10.5 Å². The lowest BCUT2D eigenvalue weighted by molar-refractivity contribution is 0.409. The van der Waals surface area contributed by atoms with E-state index in [0.717, 1.165) is 0 Å². The van der Waals surface area contributed by atoms with Crippen molar-refractivity contribution in [1.82, 2.24) is 0 Å². The maximum Gasteiger partial charge on any atom is 0.147 e. The van der Waals surface area contributed by atoms with Gasteiger partial charge in [-0.15, -0.1) is 0 Å². The van der Waals surface area contributed by atoms with Gasteiger partial charge in [-0.25, -0.2) is 4.39 Å². The van der Waals surface area contributed by atoms with E-state index in [1.807, 2.05) is 0 Å². The smallest absolute Gasteiger partial charge is 0.147 e. The Morgan fingerprint density at radius 3 is 2.55 bits per heavy atom. The molecule has 0 heterocycles.